The standard InChI is InChI=1S/C21H22N2O/c1-22-14-6-9-18(15-22)21(24)23-19-10-4-2-7-16(19)12-13-17-8-3-5-11-20(17)23/h2-5,7-11H,6,12-15H2,1H3. The van der Waals surface area contributed by atoms with Crippen LogP contribution in [0.4, 0.5) is 11.4 Å². The van der Waals surface area contributed by atoms with E-state index in [1.807, 2.05) is 17.0 Å². The van der Waals surface area contributed by atoms with Gasteiger partial charge in [-0.3, -0.25) is 9.69 Å². The summed E-state index contributed by atoms with van der Waals surface area (Å²) in [5.41, 5.74) is 5.44. The molecular weight excluding hydrogens is 296 g/mol. The Kier molecular flexibility index (Phi) is 3.95. The van der Waals surface area contributed by atoms with Crippen LogP contribution in [-0.2, 0) is 17.6 Å². The average Bonchev–Trinajstić information content (AvgIpc) is 2.78. The van der Waals surface area contributed by atoms with Crippen LogP contribution >= 0.6 is 0 Å². The number of nitrogens with zero attached hydrogens (tertiary/aromatic N) is 2. The maximum atomic E-state index is 13.4. The Labute approximate surface area is 143 Å². The van der Waals surface area contributed by atoms with Crippen molar-refractivity contribution in [2.45, 2.75) is 19.3 Å². The lowest BCUT2D eigenvalue weighted by Crippen LogP contribution is -2.35. The number of rotatable bonds is 1. The van der Waals surface area contributed by atoms with E-state index in [1.54, 1.807) is 0 Å². The molecule has 3 heteroatoms. The molecule has 0 spiro atoms. The monoisotopic (exact) mass is 318 g/mol. The average molecular weight is 318 g/mol. The maximum Gasteiger partial charge on any atom is 0.259 e. The fourth-order valence-corrected chi connectivity index (χ4v) is 3.69. The number of aryl methyl sites for hydroxylation is 2. The van der Waals surface area contributed by atoms with Crippen molar-refractivity contribution in [3.63, 3.8) is 0 Å². The Balaban J connectivity index is 1.84. The van der Waals surface area contributed by atoms with Crippen molar-refractivity contribution in [2.24, 2.45) is 0 Å². The zero-order chi connectivity index (χ0) is 16.5. The highest BCUT2D eigenvalue weighted by atomic mass is 16.2. The highest BCUT2D eigenvalue weighted by Crippen LogP contribution is 2.37. The van der Waals surface area contributed by atoms with Crippen LogP contribution in [0.3, 0.4) is 0 Å². The molecule has 0 radical (unpaired) electrons. The second-order valence-electron chi connectivity index (χ2n) is 6.65. The van der Waals surface area contributed by atoms with Crippen LogP contribution in [0, 0.1) is 0 Å². The third kappa shape index (κ3) is 2.65. The van der Waals surface area contributed by atoms with Crippen LogP contribution in [0.25, 0.3) is 0 Å². The normalized spacial score (nSPS) is 17.5. The molecule has 4 rings (SSSR count). The molecule has 0 saturated heterocycles. The van der Waals surface area contributed by atoms with Crippen LogP contribution in [0.2, 0.25) is 0 Å². The number of fused-ring (bicyclic) bond motifs is 2. The van der Waals surface area contributed by atoms with Gasteiger partial charge in [0, 0.05) is 18.7 Å². The Hall–Kier alpha value is -2.39. The van der Waals surface area contributed by atoms with E-state index in [-0.39, 0.29) is 5.91 Å². The zero-order valence-electron chi connectivity index (χ0n) is 14.0. The number of hydrogen-bond acceptors (Lipinski definition) is 2. The van der Waals surface area contributed by atoms with Gasteiger partial charge in [0.1, 0.15) is 0 Å². The molecule has 2 aliphatic heterocycles. The van der Waals surface area contributed by atoms with Gasteiger partial charge < -0.3 is 4.90 Å². The molecule has 2 aromatic carbocycles. The number of carbonyl (C=O) groups is 1. The molecule has 0 unspecified atom stereocenters. The van der Waals surface area contributed by atoms with Crippen LogP contribution < -0.4 is 4.90 Å². The molecular formula is C21H22N2O. The lowest BCUT2D eigenvalue weighted by atomic mass is 10.0. The lowest BCUT2D eigenvalue weighted by molar-refractivity contribution is -0.114. The van der Waals surface area contributed by atoms with Gasteiger partial charge in [0.05, 0.1) is 11.4 Å². The topological polar surface area (TPSA) is 23.6 Å². The summed E-state index contributed by atoms with van der Waals surface area (Å²) in [6, 6.07) is 16.6. The van der Waals surface area contributed by atoms with E-state index in [0.717, 1.165) is 49.3 Å². The number of hydrogen-bond donors (Lipinski definition) is 0. The lowest BCUT2D eigenvalue weighted by Gasteiger charge is -2.29. The van der Waals surface area contributed by atoms with Gasteiger partial charge in [-0.15, -0.1) is 0 Å². The van der Waals surface area contributed by atoms with Gasteiger partial charge in [0.25, 0.3) is 5.91 Å². The van der Waals surface area contributed by atoms with Crippen molar-refractivity contribution in [1.82, 2.24) is 4.90 Å². The Morgan fingerprint density at radius 1 is 0.917 bits per heavy atom. The van der Waals surface area contributed by atoms with Gasteiger partial charge in [0.2, 0.25) is 0 Å². The number of likely N-dealkylation sites (N-methyl/N-ethyl adjacent to an activating group) is 1. The summed E-state index contributed by atoms with van der Waals surface area (Å²) in [5.74, 6) is 0.114. The minimum atomic E-state index is 0.114. The van der Waals surface area contributed by atoms with Gasteiger partial charge >= 0.3 is 0 Å². The van der Waals surface area contributed by atoms with Crippen molar-refractivity contribution in [1.29, 1.82) is 0 Å². The number of carbonyl (C=O) groups excluding carboxylic acids is 1. The van der Waals surface area contributed by atoms with Crippen molar-refractivity contribution < 1.29 is 4.79 Å². The summed E-state index contributed by atoms with van der Waals surface area (Å²) < 4.78 is 0. The first-order valence-electron chi connectivity index (χ1n) is 8.62. The summed E-state index contributed by atoms with van der Waals surface area (Å²) in [7, 11) is 2.07. The molecule has 2 aromatic rings. The SMILES string of the molecule is CN1CCC=C(C(=O)N2c3ccccc3CCc3ccccc32)C1. The van der Waals surface area contributed by atoms with E-state index < -0.39 is 0 Å². The molecule has 24 heavy (non-hydrogen) atoms. The third-order valence-corrected chi connectivity index (χ3v) is 4.95. The number of benzene rings is 2. The molecule has 0 aromatic heterocycles. The van der Waals surface area contributed by atoms with Crippen LogP contribution in [0.15, 0.2) is 60.2 Å². The first-order valence-corrected chi connectivity index (χ1v) is 8.62. The Morgan fingerprint density at radius 3 is 2.08 bits per heavy atom. The summed E-state index contributed by atoms with van der Waals surface area (Å²) in [6.07, 6.45) is 4.99. The first kappa shape index (κ1) is 15.2. The van der Waals surface area contributed by atoms with Crippen molar-refractivity contribution in [2.75, 3.05) is 25.0 Å². The fraction of sp³-hybridized carbons (Fsp3) is 0.286. The number of amides is 1. The quantitative estimate of drug-likeness (QED) is 0.800. The number of para-hydroxylation sites is 2. The predicted molar refractivity (Wildman–Crippen MR) is 97.6 cm³/mol. The van der Waals surface area contributed by atoms with Gasteiger partial charge in [-0.2, -0.15) is 0 Å². The predicted octanol–water partition coefficient (Wildman–Crippen LogP) is 3.71. The second-order valence-corrected chi connectivity index (χ2v) is 6.65. The summed E-state index contributed by atoms with van der Waals surface area (Å²) in [5, 5.41) is 0. The summed E-state index contributed by atoms with van der Waals surface area (Å²) in [4.78, 5) is 17.6. The van der Waals surface area contributed by atoms with E-state index in [0.29, 0.717) is 0 Å². The molecule has 0 aliphatic carbocycles. The molecule has 122 valence electrons. The van der Waals surface area contributed by atoms with E-state index in [2.05, 4.69) is 54.4 Å². The Bertz CT molecular complexity index is 761. The second kappa shape index (κ2) is 6.25. The van der Waals surface area contributed by atoms with Crippen LogP contribution in [0.5, 0.6) is 0 Å². The van der Waals surface area contributed by atoms with E-state index >= 15 is 0 Å². The highest BCUT2D eigenvalue weighted by molar-refractivity contribution is 6.11. The van der Waals surface area contributed by atoms with E-state index in [4.69, 9.17) is 0 Å². The molecule has 1 amide bonds. The Morgan fingerprint density at radius 2 is 1.50 bits per heavy atom. The van der Waals surface area contributed by atoms with Crippen molar-refractivity contribution in [3.8, 4) is 0 Å². The first-order chi connectivity index (χ1) is 11.7. The summed E-state index contributed by atoms with van der Waals surface area (Å²) >= 11 is 0. The minimum Gasteiger partial charge on any atom is -0.302 e. The zero-order valence-corrected chi connectivity index (χ0v) is 14.0. The van der Waals surface area contributed by atoms with Crippen molar-refractivity contribution >= 4 is 17.3 Å². The maximum absolute atomic E-state index is 13.4. The molecule has 2 heterocycles. The number of anilines is 2. The molecule has 2 aliphatic rings. The molecule has 0 atom stereocenters. The van der Waals surface area contributed by atoms with E-state index in [1.165, 1.54) is 11.1 Å². The fourth-order valence-electron chi connectivity index (χ4n) is 3.69. The molecule has 0 bridgehead atoms. The third-order valence-electron chi connectivity index (χ3n) is 4.95. The molecule has 3 nitrogen and oxygen atoms in total. The van der Waals surface area contributed by atoms with Crippen LogP contribution in [0.1, 0.15) is 17.5 Å². The molecule has 0 saturated carbocycles. The van der Waals surface area contributed by atoms with E-state index in [9.17, 15) is 4.79 Å². The van der Waals surface area contributed by atoms with Gasteiger partial charge in [-0.25, -0.2) is 0 Å². The molecule has 0 N–H and O–H groups in total. The van der Waals surface area contributed by atoms with Crippen LogP contribution in [-0.4, -0.2) is 30.9 Å². The van der Waals surface area contributed by atoms with Crippen molar-refractivity contribution in [3.05, 3.63) is 71.3 Å². The minimum absolute atomic E-state index is 0.114. The highest BCUT2D eigenvalue weighted by Gasteiger charge is 2.28. The van der Waals surface area contributed by atoms with Gasteiger partial charge in [0.15, 0.2) is 0 Å². The largest absolute Gasteiger partial charge is 0.302 e. The van der Waals surface area contributed by atoms with Gasteiger partial charge in [-0.05, 0) is 49.6 Å². The molecule has 0 fully saturated rings. The van der Waals surface area contributed by atoms with Gasteiger partial charge in [-0.1, -0.05) is 42.5 Å². The smallest absolute Gasteiger partial charge is 0.259 e. The summed E-state index contributed by atoms with van der Waals surface area (Å²) in [6.45, 7) is 1.74.